The molecular formula is C6H6ClN3O2. The van der Waals surface area contributed by atoms with Crippen LogP contribution >= 0.6 is 11.6 Å². The highest BCUT2D eigenvalue weighted by atomic mass is 35.5. The summed E-state index contributed by atoms with van der Waals surface area (Å²) in [6, 6.07) is 0. The number of nitrogens with two attached hydrogens (primary N) is 1. The fourth-order valence-corrected chi connectivity index (χ4v) is 0.759. The maximum absolute atomic E-state index is 10.2. The number of carbonyl (C=O) groups is 1. The van der Waals surface area contributed by atoms with Crippen molar-refractivity contribution in [1.29, 1.82) is 0 Å². The van der Waals surface area contributed by atoms with Crippen molar-refractivity contribution in [3.63, 3.8) is 0 Å². The first-order valence-corrected chi connectivity index (χ1v) is 3.45. The monoisotopic (exact) mass is 187 g/mol. The smallest absolute Gasteiger partial charge is 0.404 e. The highest BCUT2D eigenvalue weighted by Crippen LogP contribution is 2.02. The molecule has 0 bridgehead atoms. The first kappa shape index (κ1) is 8.73. The Bertz CT molecular complexity index is 292. The van der Waals surface area contributed by atoms with E-state index in [1.807, 2.05) is 0 Å². The summed E-state index contributed by atoms with van der Waals surface area (Å²) in [4.78, 5) is 17.7. The molecule has 64 valence electrons. The molecule has 1 amide bonds. The van der Waals surface area contributed by atoms with E-state index in [9.17, 15) is 4.79 Å². The summed E-state index contributed by atoms with van der Waals surface area (Å²) in [6.45, 7) is -0.0110. The second-order valence-corrected chi connectivity index (χ2v) is 2.33. The van der Waals surface area contributed by atoms with E-state index in [-0.39, 0.29) is 11.8 Å². The zero-order valence-electron chi connectivity index (χ0n) is 6.03. The molecule has 0 aromatic carbocycles. The first-order chi connectivity index (χ1) is 5.68. The fraction of sp³-hybridized carbons (Fsp3) is 0.167. The molecular weight excluding hydrogens is 182 g/mol. The molecule has 2 N–H and O–H groups in total. The third kappa shape index (κ3) is 2.71. The van der Waals surface area contributed by atoms with E-state index in [1.165, 1.54) is 12.4 Å². The number of nitrogens with zero attached hydrogens (tertiary/aromatic N) is 2. The zero-order chi connectivity index (χ0) is 8.97. The average molecular weight is 188 g/mol. The van der Waals surface area contributed by atoms with Crippen LogP contribution < -0.4 is 5.73 Å². The van der Waals surface area contributed by atoms with Gasteiger partial charge < -0.3 is 10.5 Å². The van der Waals surface area contributed by atoms with Gasteiger partial charge in [-0.05, 0) is 0 Å². The largest absolute Gasteiger partial charge is 0.443 e. The maximum Gasteiger partial charge on any atom is 0.404 e. The SMILES string of the molecule is NC(=O)OCc1cncc(Cl)n1. The number of ether oxygens (including phenoxy) is 1. The van der Waals surface area contributed by atoms with Crippen LogP contribution in [0.15, 0.2) is 12.4 Å². The van der Waals surface area contributed by atoms with Gasteiger partial charge in [-0.3, -0.25) is 4.98 Å². The Balaban J connectivity index is 2.57. The van der Waals surface area contributed by atoms with Gasteiger partial charge in [0.2, 0.25) is 0 Å². The van der Waals surface area contributed by atoms with E-state index in [4.69, 9.17) is 17.3 Å². The Morgan fingerprint density at radius 1 is 1.67 bits per heavy atom. The highest BCUT2D eigenvalue weighted by Gasteiger charge is 1.99. The Hall–Kier alpha value is -1.36. The molecule has 0 unspecified atom stereocenters. The van der Waals surface area contributed by atoms with E-state index in [1.54, 1.807) is 0 Å². The molecule has 0 saturated heterocycles. The Kier molecular flexibility index (Phi) is 2.82. The molecule has 0 fully saturated rings. The minimum absolute atomic E-state index is 0.0110. The summed E-state index contributed by atoms with van der Waals surface area (Å²) in [5, 5.41) is 0.251. The molecule has 0 atom stereocenters. The lowest BCUT2D eigenvalue weighted by Gasteiger charge is -1.99. The number of hydrogen-bond acceptors (Lipinski definition) is 4. The van der Waals surface area contributed by atoms with E-state index >= 15 is 0 Å². The summed E-state index contributed by atoms with van der Waals surface area (Å²) in [6.07, 6.45) is 1.97. The summed E-state index contributed by atoms with van der Waals surface area (Å²) in [5.41, 5.74) is 5.20. The quantitative estimate of drug-likeness (QED) is 0.740. The minimum Gasteiger partial charge on any atom is -0.443 e. The topological polar surface area (TPSA) is 78.1 Å². The third-order valence-corrected chi connectivity index (χ3v) is 1.20. The van der Waals surface area contributed by atoms with Crippen LogP contribution in [0.5, 0.6) is 0 Å². The van der Waals surface area contributed by atoms with Crippen molar-refractivity contribution in [1.82, 2.24) is 9.97 Å². The molecule has 1 aromatic heterocycles. The predicted molar refractivity (Wildman–Crippen MR) is 41.4 cm³/mol. The number of halogens is 1. The van der Waals surface area contributed by atoms with E-state index in [2.05, 4.69) is 14.7 Å². The molecule has 12 heavy (non-hydrogen) atoms. The van der Waals surface area contributed by atoms with Crippen molar-refractivity contribution in [3.8, 4) is 0 Å². The standard InChI is InChI=1S/C6H6ClN3O2/c7-5-2-9-1-4(10-5)3-12-6(8)11/h1-2H,3H2,(H2,8,11). The van der Waals surface area contributed by atoms with Crippen LogP contribution in [0.3, 0.4) is 0 Å². The molecule has 0 radical (unpaired) electrons. The maximum atomic E-state index is 10.2. The Morgan fingerprint density at radius 2 is 2.42 bits per heavy atom. The van der Waals surface area contributed by atoms with E-state index < -0.39 is 6.09 Å². The van der Waals surface area contributed by atoms with Crippen LogP contribution in [0.1, 0.15) is 5.69 Å². The average Bonchev–Trinajstić information content (AvgIpc) is 2.01. The van der Waals surface area contributed by atoms with Gasteiger partial charge in [0, 0.05) is 0 Å². The predicted octanol–water partition coefficient (Wildman–Crippen LogP) is 0.725. The summed E-state index contributed by atoms with van der Waals surface area (Å²) in [7, 11) is 0. The van der Waals surface area contributed by atoms with Crippen LogP contribution in [0, 0.1) is 0 Å². The van der Waals surface area contributed by atoms with Crippen molar-refractivity contribution in [2.75, 3.05) is 0 Å². The number of carbonyl (C=O) groups excluding carboxylic acids is 1. The molecule has 1 heterocycles. The third-order valence-electron chi connectivity index (χ3n) is 1.02. The zero-order valence-corrected chi connectivity index (χ0v) is 6.78. The fourth-order valence-electron chi connectivity index (χ4n) is 0.594. The minimum atomic E-state index is -0.850. The number of primary amides is 1. The van der Waals surface area contributed by atoms with E-state index in [0.29, 0.717) is 5.69 Å². The number of hydrogen-bond donors (Lipinski definition) is 1. The number of amides is 1. The van der Waals surface area contributed by atoms with Crippen LogP contribution in [0.2, 0.25) is 5.15 Å². The van der Waals surface area contributed by atoms with Gasteiger partial charge in [-0.2, -0.15) is 0 Å². The number of aromatic nitrogens is 2. The van der Waals surface area contributed by atoms with Crippen LogP contribution in [0.4, 0.5) is 4.79 Å². The van der Waals surface area contributed by atoms with E-state index in [0.717, 1.165) is 0 Å². The van der Waals surface area contributed by atoms with Gasteiger partial charge >= 0.3 is 6.09 Å². The molecule has 0 aliphatic carbocycles. The van der Waals surface area contributed by atoms with Gasteiger partial charge in [0.05, 0.1) is 18.1 Å². The molecule has 0 spiro atoms. The van der Waals surface area contributed by atoms with Crippen molar-refractivity contribution in [2.24, 2.45) is 5.73 Å². The summed E-state index contributed by atoms with van der Waals surface area (Å²) >= 11 is 5.51. The molecule has 6 heteroatoms. The lowest BCUT2D eigenvalue weighted by atomic mass is 10.5. The van der Waals surface area contributed by atoms with Crippen LogP contribution in [-0.2, 0) is 11.3 Å². The van der Waals surface area contributed by atoms with Gasteiger partial charge in [-0.15, -0.1) is 0 Å². The lowest BCUT2D eigenvalue weighted by Crippen LogP contribution is -2.13. The second kappa shape index (κ2) is 3.87. The van der Waals surface area contributed by atoms with Crippen LogP contribution in [0.25, 0.3) is 0 Å². The summed E-state index contributed by atoms with van der Waals surface area (Å²) in [5.74, 6) is 0. The Labute approximate surface area is 73.5 Å². The molecule has 0 aliphatic heterocycles. The number of rotatable bonds is 2. The van der Waals surface area contributed by atoms with Gasteiger partial charge in [0.1, 0.15) is 11.8 Å². The molecule has 0 aliphatic rings. The molecule has 0 saturated carbocycles. The molecule has 1 aromatic rings. The van der Waals surface area contributed by atoms with Crippen molar-refractivity contribution < 1.29 is 9.53 Å². The Morgan fingerprint density at radius 3 is 3.00 bits per heavy atom. The highest BCUT2D eigenvalue weighted by molar-refractivity contribution is 6.29. The molecule has 1 rings (SSSR count). The molecule has 5 nitrogen and oxygen atoms in total. The van der Waals surface area contributed by atoms with Crippen molar-refractivity contribution in [3.05, 3.63) is 23.2 Å². The summed E-state index contributed by atoms with van der Waals surface area (Å²) < 4.78 is 4.46. The van der Waals surface area contributed by atoms with Gasteiger partial charge in [0.15, 0.2) is 0 Å². The normalized spacial score (nSPS) is 9.42. The van der Waals surface area contributed by atoms with Gasteiger partial charge in [0.25, 0.3) is 0 Å². The van der Waals surface area contributed by atoms with Crippen molar-refractivity contribution >= 4 is 17.7 Å². The van der Waals surface area contributed by atoms with Gasteiger partial charge in [-0.1, -0.05) is 11.6 Å². The van der Waals surface area contributed by atoms with Gasteiger partial charge in [-0.25, -0.2) is 9.78 Å². The first-order valence-electron chi connectivity index (χ1n) is 3.07. The lowest BCUT2D eigenvalue weighted by molar-refractivity contribution is 0.148. The second-order valence-electron chi connectivity index (χ2n) is 1.94. The van der Waals surface area contributed by atoms with Crippen LogP contribution in [-0.4, -0.2) is 16.1 Å². The van der Waals surface area contributed by atoms with Crippen molar-refractivity contribution in [2.45, 2.75) is 6.61 Å².